The highest BCUT2D eigenvalue weighted by Gasteiger charge is 2.00. The fourth-order valence-corrected chi connectivity index (χ4v) is 1.99. The average molecular weight is 313 g/mol. The highest BCUT2D eigenvalue weighted by Crippen LogP contribution is 2.17. The van der Waals surface area contributed by atoms with E-state index >= 15 is 0 Å². The molecular formula is C13H11BrClNO. The van der Waals surface area contributed by atoms with Gasteiger partial charge in [0.15, 0.2) is 0 Å². The van der Waals surface area contributed by atoms with Crippen molar-refractivity contribution < 1.29 is 4.74 Å². The molecule has 0 saturated carbocycles. The lowest BCUT2D eigenvalue weighted by Crippen LogP contribution is -1.97. The highest BCUT2D eigenvalue weighted by molar-refractivity contribution is 9.10. The summed E-state index contributed by atoms with van der Waals surface area (Å²) in [6.45, 7) is 1.01. The molecule has 0 aliphatic heterocycles. The van der Waals surface area contributed by atoms with Crippen molar-refractivity contribution in [2.75, 3.05) is 0 Å². The first-order chi connectivity index (χ1) is 8.25. The fraction of sp³-hybridized carbons (Fsp3) is 0.154. The molecule has 0 atom stereocenters. The largest absolute Gasteiger partial charge is 0.370 e. The lowest BCUT2D eigenvalue weighted by atomic mass is 10.2. The molecule has 0 radical (unpaired) electrons. The molecule has 2 rings (SSSR count). The summed E-state index contributed by atoms with van der Waals surface area (Å²) in [5, 5.41) is 0.493. The van der Waals surface area contributed by atoms with E-state index in [1.54, 1.807) is 6.07 Å². The second-order valence-electron chi connectivity index (χ2n) is 3.54. The van der Waals surface area contributed by atoms with Gasteiger partial charge in [0.25, 0.3) is 0 Å². The second kappa shape index (κ2) is 6.15. The van der Waals surface area contributed by atoms with Gasteiger partial charge in [-0.25, -0.2) is 4.98 Å². The molecule has 0 unspecified atom stereocenters. The summed E-state index contributed by atoms with van der Waals surface area (Å²) in [5.41, 5.74) is 1.96. The summed E-state index contributed by atoms with van der Waals surface area (Å²) in [6.07, 6.45) is 0. The Balaban J connectivity index is 1.90. The Kier molecular flexibility index (Phi) is 4.54. The number of ether oxygens (including phenoxy) is 1. The summed E-state index contributed by atoms with van der Waals surface area (Å²) >= 11 is 9.27. The van der Waals surface area contributed by atoms with Crippen LogP contribution in [0.3, 0.4) is 0 Å². The first-order valence-corrected chi connectivity index (χ1v) is 6.35. The van der Waals surface area contributed by atoms with Crippen LogP contribution in [0.25, 0.3) is 0 Å². The van der Waals surface area contributed by atoms with Crippen molar-refractivity contribution in [1.29, 1.82) is 0 Å². The Hall–Kier alpha value is -0.900. The minimum absolute atomic E-state index is 0.460. The van der Waals surface area contributed by atoms with Crippen molar-refractivity contribution in [3.05, 3.63) is 63.3 Å². The second-order valence-corrected chi connectivity index (χ2v) is 4.78. The predicted octanol–water partition coefficient (Wildman–Crippen LogP) is 4.21. The molecule has 0 N–H and O–H groups in total. The molecule has 0 bridgehead atoms. The molecule has 0 fully saturated rings. The van der Waals surface area contributed by atoms with E-state index in [0.717, 1.165) is 15.7 Å². The monoisotopic (exact) mass is 311 g/mol. The van der Waals surface area contributed by atoms with E-state index in [4.69, 9.17) is 16.3 Å². The molecule has 1 aromatic heterocycles. The standard InChI is InChI=1S/C13H11BrClNO/c14-12-6-2-1-4-10(12)8-17-9-11-5-3-7-13(15)16-11/h1-7H,8-9H2. The van der Waals surface area contributed by atoms with Gasteiger partial charge in [0.1, 0.15) is 5.15 Å². The van der Waals surface area contributed by atoms with Gasteiger partial charge in [-0.05, 0) is 23.8 Å². The topological polar surface area (TPSA) is 22.1 Å². The van der Waals surface area contributed by atoms with Crippen molar-refractivity contribution >= 4 is 27.5 Å². The maximum absolute atomic E-state index is 5.79. The quantitative estimate of drug-likeness (QED) is 0.789. The fourth-order valence-electron chi connectivity index (χ4n) is 1.41. The third kappa shape index (κ3) is 3.80. The van der Waals surface area contributed by atoms with Gasteiger partial charge in [-0.2, -0.15) is 0 Å². The molecule has 17 heavy (non-hydrogen) atoms. The summed E-state index contributed by atoms with van der Waals surface area (Å²) in [7, 11) is 0. The summed E-state index contributed by atoms with van der Waals surface area (Å²) in [6, 6.07) is 13.5. The molecular weight excluding hydrogens is 302 g/mol. The molecule has 88 valence electrons. The Morgan fingerprint density at radius 2 is 1.88 bits per heavy atom. The normalized spacial score (nSPS) is 10.5. The Morgan fingerprint density at radius 1 is 1.06 bits per heavy atom. The van der Waals surface area contributed by atoms with Crippen LogP contribution in [0.1, 0.15) is 11.3 Å². The van der Waals surface area contributed by atoms with E-state index < -0.39 is 0 Å². The number of pyridine rings is 1. The molecule has 4 heteroatoms. The molecule has 0 aliphatic carbocycles. The van der Waals surface area contributed by atoms with Crippen molar-refractivity contribution in [3.8, 4) is 0 Å². The van der Waals surface area contributed by atoms with E-state index in [1.807, 2.05) is 36.4 Å². The smallest absolute Gasteiger partial charge is 0.129 e. The van der Waals surface area contributed by atoms with Crippen LogP contribution in [-0.4, -0.2) is 4.98 Å². The van der Waals surface area contributed by atoms with Crippen LogP contribution in [-0.2, 0) is 18.0 Å². The lowest BCUT2D eigenvalue weighted by molar-refractivity contribution is 0.104. The van der Waals surface area contributed by atoms with Crippen LogP contribution in [0.5, 0.6) is 0 Å². The van der Waals surface area contributed by atoms with E-state index in [-0.39, 0.29) is 0 Å². The SMILES string of the molecule is Clc1cccc(COCc2ccccc2Br)n1. The zero-order valence-corrected chi connectivity index (χ0v) is 11.4. The van der Waals surface area contributed by atoms with Gasteiger partial charge in [0.2, 0.25) is 0 Å². The van der Waals surface area contributed by atoms with Crippen molar-refractivity contribution in [3.63, 3.8) is 0 Å². The Labute approximate surface area is 114 Å². The molecule has 2 aromatic rings. The lowest BCUT2D eigenvalue weighted by Gasteiger charge is -2.06. The average Bonchev–Trinajstić information content (AvgIpc) is 2.32. The van der Waals surface area contributed by atoms with Crippen LogP contribution in [0.2, 0.25) is 5.15 Å². The summed E-state index contributed by atoms with van der Waals surface area (Å²) in [4.78, 5) is 4.16. The van der Waals surface area contributed by atoms with E-state index in [1.165, 1.54) is 0 Å². The van der Waals surface area contributed by atoms with Crippen LogP contribution >= 0.6 is 27.5 Å². The number of rotatable bonds is 4. The first-order valence-electron chi connectivity index (χ1n) is 5.18. The van der Waals surface area contributed by atoms with Gasteiger partial charge in [0, 0.05) is 4.47 Å². The zero-order chi connectivity index (χ0) is 12.1. The van der Waals surface area contributed by atoms with E-state index in [2.05, 4.69) is 20.9 Å². The molecule has 0 amide bonds. The molecule has 1 heterocycles. The molecule has 0 aliphatic rings. The predicted molar refractivity (Wildman–Crippen MR) is 71.9 cm³/mol. The van der Waals surface area contributed by atoms with Gasteiger partial charge in [0.05, 0.1) is 18.9 Å². The van der Waals surface area contributed by atoms with Gasteiger partial charge in [-0.3, -0.25) is 0 Å². The Bertz CT molecular complexity index is 504. The third-order valence-electron chi connectivity index (χ3n) is 2.24. The van der Waals surface area contributed by atoms with Crippen molar-refractivity contribution in [2.45, 2.75) is 13.2 Å². The molecule has 2 nitrogen and oxygen atoms in total. The number of nitrogens with zero attached hydrogens (tertiary/aromatic N) is 1. The molecule has 1 aromatic carbocycles. The number of hydrogen-bond acceptors (Lipinski definition) is 2. The summed E-state index contributed by atoms with van der Waals surface area (Å²) in [5.74, 6) is 0. The van der Waals surface area contributed by atoms with Gasteiger partial charge in [-0.15, -0.1) is 0 Å². The number of benzene rings is 1. The van der Waals surface area contributed by atoms with E-state index in [9.17, 15) is 0 Å². The molecule has 0 saturated heterocycles. The third-order valence-corrected chi connectivity index (χ3v) is 3.22. The summed E-state index contributed by atoms with van der Waals surface area (Å²) < 4.78 is 6.65. The molecule has 0 spiro atoms. The first kappa shape index (κ1) is 12.6. The Morgan fingerprint density at radius 3 is 2.65 bits per heavy atom. The van der Waals surface area contributed by atoms with Crippen LogP contribution in [0.15, 0.2) is 46.9 Å². The zero-order valence-electron chi connectivity index (χ0n) is 9.07. The maximum Gasteiger partial charge on any atom is 0.129 e. The number of aromatic nitrogens is 1. The number of halogens is 2. The van der Waals surface area contributed by atoms with Crippen molar-refractivity contribution in [2.24, 2.45) is 0 Å². The van der Waals surface area contributed by atoms with Gasteiger partial charge >= 0.3 is 0 Å². The van der Waals surface area contributed by atoms with Crippen molar-refractivity contribution in [1.82, 2.24) is 4.98 Å². The minimum atomic E-state index is 0.460. The van der Waals surface area contributed by atoms with Gasteiger partial charge < -0.3 is 4.74 Å². The highest BCUT2D eigenvalue weighted by atomic mass is 79.9. The van der Waals surface area contributed by atoms with Crippen LogP contribution in [0.4, 0.5) is 0 Å². The van der Waals surface area contributed by atoms with Gasteiger partial charge in [-0.1, -0.05) is 51.8 Å². The van der Waals surface area contributed by atoms with E-state index in [0.29, 0.717) is 18.4 Å². The minimum Gasteiger partial charge on any atom is -0.370 e. The van der Waals surface area contributed by atoms with Crippen LogP contribution in [0, 0.1) is 0 Å². The number of hydrogen-bond donors (Lipinski definition) is 0. The van der Waals surface area contributed by atoms with Crippen LogP contribution < -0.4 is 0 Å². The maximum atomic E-state index is 5.79.